The number of hydrogen-bond donors (Lipinski definition) is 1. The van der Waals surface area contributed by atoms with Crippen LogP contribution < -0.4 is 5.43 Å². The smallest absolute Gasteiger partial charge is 0.258 e. The van der Waals surface area contributed by atoms with Crippen molar-refractivity contribution in [1.29, 1.82) is 0 Å². The topological polar surface area (TPSA) is 45.5 Å². The first-order valence-electron chi connectivity index (χ1n) is 6.07. The van der Waals surface area contributed by atoms with Crippen molar-refractivity contribution in [2.75, 3.05) is 14.1 Å². The zero-order valence-electron chi connectivity index (χ0n) is 11.3. The largest absolute Gasteiger partial charge is 0.457 e. The Morgan fingerprint density at radius 1 is 1.25 bits per heavy atom. The van der Waals surface area contributed by atoms with Gasteiger partial charge in [0, 0.05) is 20.2 Å². The Balaban J connectivity index is 2.12. The Kier molecular flexibility index (Phi) is 4.32. The monoisotopic (exact) mass is 274 g/mol. The molecule has 1 aromatic heterocycles. The number of carbonyl (C=O) groups excluding carboxylic acids is 1. The lowest BCUT2D eigenvalue weighted by atomic mass is 10.1. The minimum atomic E-state index is -0.345. The lowest BCUT2D eigenvalue weighted by Gasteiger charge is -2.08. The molecule has 104 valence electrons. The third kappa shape index (κ3) is 3.55. The van der Waals surface area contributed by atoms with Gasteiger partial charge in [-0.15, -0.1) is 0 Å². The second-order valence-corrected chi connectivity index (χ2v) is 4.39. The van der Waals surface area contributed by atoms with Crippen LogP contribution in [0.5, 0.6) is 0 Å². The highest BCUT2D eigenvalue weighted by molar-refractivity contribution is 5.91. The van der Waals surface area contributed by atoms with E-state index in [1.807, 2.05) is 0 Å². The van der Waals surface area contributed by atoms with Gasteiger partial charge in [0.2, 0.25) is 0 Å². The average molecular weight is 274 g/mol. The van der Waals surface area contributed by atoms with Gasteiger partial charge in [0.25, 0.3) is 5.91 Å². The zero-order chi connectivity index (χ0) is 14.5. The molecule has 0 bridgehead atoms. The molecule has 0 fully saturated rings. The van der Waals surface area contributed by atoms with Crippen molar-refractivity contribution in [2.45, 2.75) is 0 Å². The van der Waals surface area contributed by atoms with Gasteiger partial charge >= 0.3 is 0 Å². The number of halogens is 1. The first-order chi connectivity index (χ1) is 9.56. The second-order valence-electron chi connectivity index (χ2n) is 4.39. The molecule has 1 heterocycles. The Bertz CT molecular complexity index is 632. The lowest BCUT2D eigenvalue weighted by molar-refractivity contribution is -0.119. The maximum atomic E-state index is 13.6. The predicted molar refractivity (Wildman–Crippen MR) is 75.0 cm³/mol. The van der Waals surface area contributed by atoms with E-state index in [1.165, 1.54) is 18.2 Å². The number of benzene rings is 1. The Hall–Kier alpha value is -2.40. The van der Waals surface area contributed by atoms with Crippen LogP contribution in [0.4, 0.5) is 4.39 Å². The number of nitrogens with one attached hydrogen (secondary N) is 1. The summed E-state index contributed by atoms with van der Waals surface area (Å²) in [6.45, 7) is 0. The van der Waals surface area contributed by atoms with Gasteiger partial charge in [0.15, 0.2) is 0 Å². The number of hydrogen-bond acceptors (Lipinski definition) is 3. The highest BCUT2D eigenvalue weighted by atomic mass is 19.1. The summed E-state index contributed by atoms with van der Waals surface area (Å²) in [6, 6.07) is 9.72. The molecule has 0 saturated heterocycles. The third-order valence-corrected chi connectivity index (χ3v) is 2.50. The van der Waals surface area contributed by atoms with Gasteiger partial charge in [0.1, 0.15) is 17.3 Å². The van der Waals surface area contributed by atoms with Crippen molar-refractivity contribution in [3.8, 4) is 11.3 Å². The molecule has 1 N–H and O–H groups in total. The molecule has 1 aromatic carbocycles. The van der Waals surface area contributed by atoms with Gasteiger partial charge in [-0.3, -0.25) is 10.2 Å². The quantitative estimate of drug-likeness (QED) is 0.688. The van der Waals surface area contributed by atoms with Crippen molar-refractivity contribution in [2.24, 2.45) is 0 Å². The molecule has 0 saturated carbocycles. The van der Waals surface area contributed by atoms with E-state index < -0.39 is 0 Å². The maximum absolute atomic E-state index is 13.6. The van der Waals surface area contributed by atoms with Crippen molar-refractivity contribution >= 4 is 12.0 Å². The Labute approximate surface area is 116 Å². The summed E-state index contributed by atoms with van der Waals surface area (Å²) in [7, 11) is 3.43. The van der Waals surface area contributed by atoms with Crippen LogP contribution in [-0.2, 0) is 4.79 Å². The molecular formula is C15H15FN2O2. The molecule has 4 nitrogen and oxygen atoms in total. The lowest BCUT2D eigenvalue weighted by Crippen LogP contribution is -2.34. The van der Waals surface area contributed by atoms with E-state index in [0.29, 0.717) is 17.1 Å². The fourth-order valence-electron chi connectivity index (χ4n) is 1.66. The van der Waals surface area contributed by atoms with Crippen LogP contribution in [0.1, 0.15) is 5.76 Å². The van der Waals surface area contributed by atoms with Gasteiger partial charge in [-0.25, -0.2) is 9.40 Å². The van der Waals surface area contributed by atoms with Gasteiger partial charge < -0.3 is 4.42 Å². The van der Waals surface area contributed by atoms with Crippen molar-refractivity contribution in [1.82, 2.24) is 10.4 Å². The summed E-state index contributed by atoms with van der Waals surface area (Å²) in [6.07, 6.45) is 2.88. The molecule has 2 aromatic rings. The van der Waals surface area contributed by atoms with E-state index in [4.69, 9.17) is 4.42 Å². The van der Waals surface area contributed by atoms with Gasteiger partial charge in [-0.05, 0) is 30.3 Å². The summed E-state index contributed by atoms with van der Waals surface area (Å²) < 4.78 is 19.1. The first-order valence-corrected chi connectivity index (χ1v) is 6.07. The van der Waals surface area contributed by atoms with E-state index in [1.54, 1.807) is 49.4 Å². The van der Waals surface area contributed by atoms with Crippen LogP contribution >= 0.6 is 0 Å². The Morgan fingerprint density at radius 2 is 2.00 bits per heavy atom. The molecule has 0 aliphatic rings. The van der Waals surface area contributed by atoms with Crippen LogP contribution in [0.3, 0.4) is 0 Å². The number of hydrazine groups is 1. The normalized spacial score (nSPS) is 11.2. The molecule has 0 radical (unpaired) electrons. The molecule has 20 heavy (non-hydrogen) atoms. The van der Waals surface area contributed by atoms with Gasteiger partial charge in [-0.2, -0.15) is 0 Å². The number of amides is 1. The van der Waals surface area contributed by atoms with Crippen LogP contribution in [-0.4, -0.2) is 25.0 Å². The van der Waals surface area contributed by atoms with Gasteiger partial charge in [0.05, 0.1) is 5.56 Å². The minimum Gasteiger partial charge on any atom is -0.457 e. The van der Waals surface area contributed by atoms with E-state index in [9.17, 15) is 9.18 Å². The summed E-state index contributed by atoms with van der Waals surface area (Å²) in [4.78, 5) is 11.4. The highest BCUT2D eigenvalue weighted by Crippen LogP contribution is 2.25. The zero-order valence-corrected chi connectivity index (χ0v) is 11.3. The molecular weight excluding hydrogens is 259 g/mol. The first kappa shape index (κ1) is 14.0. The standard InChI is InChI=1S/C15H15FN2O2/c1-18(2)17-15(19)10-8-11-7-9-14(20-11)12-5-3-4-6-13(12)16/h3-10H,1-2H3,(H,17,19)/b10-8+. The fraction of sp³-hybridized carbons (Fsp3) is 0.133. The van der Waals surface area contributed by atoms with E-state index in [-0.39, 0.29) is 11.7 Å². The van der Waals surface area contributed by atoms with Crippen molar-refractivity contribution < 1.29 is 13.6 Å². The molecule has 0 spiro atoms. The van der Waals surface area contributed by atoms with Crippen LogP contribution in [0, 0.1) is 5.82 Å². The third-order valence-electron chi connectivity index (χ3n) is 2.50. The predicted octanol–water partition coefficient (Wildman–Crippen LogP) is 2.69. The van der Waals surface area contributed by atoms with E-state index >= 15 is 0 Å². The number of furan rings is 1. The van der Waals surface area contributed by atoms with Crippen molar-refractivity contribution in [3.05, 3.63) is 54.1 Å². The van der Waals surface area contributed by atoms with Crippen LogP contribution in [0.25, 0.3) is 17.4 Å². The molecule has 0 atom stereocenters. The average Bonchev–Trinajstić information content (AvgIpc) is 2.85. The van der Waals surface area contributed by atoms with E-state index in [0.717, 1.165) is 0 Å². The number of nitrogens with zero attached hydrogens (tertiary/aromatic N) is 1. The molecule has 5 heteroatoms. The van der Waals surface area contributed by atoms with Gasteiger partial charge in [-0.1, -0.05) is 12.1 Å². The molecule has 0 aliphatic carbocycles. The molecule has 1 amide bonds. The van der Waals surface area contributed by atoms with Crippen molar-refractivity contribution in [3.63, 3.8) is 0 Å². The Morgan fingerprint density at radius 3 is 2.70 bits per heavy atom. The summed E-state index contributed by atoms with van der Waals surface area (Å²) in [5, 5.41) is 1.54. The second kappa shape index (κ2) is 6.16. The number of carbonyl (C=O) groups is 1. The van der Waals surface area contributed by atoms with Crippen LogP contribution in [0.15, 0.2) is 46.9 Å². The molecule has 2 rings (SSSR count). The van der Waals surface area contributed by atoms with Crippen LogP contribution in [0.2, 0.25) is 0 Å². The summed E-state index contributed by atoms with van der Waals surface area (Å²) in [5.41, 5.74) is 2.96. The minimum absolute atomic E-state index is 0.265. The van der Waals surface area contributed by atoms with E-state index in [2.05, 4.69) is 5.43 Å². The molecule has 0 aliphatic heterocycles. The summed E-state index contributed by atoms with van der Waals surface area (Å²) in [5.74, 6) is 0.300. The highest BCUT2D eigenvalue weighted by Gasteiger charge is 2.08. The number of rotatable bonds is 4. The fourth-order valence-corrected chi connectivity index (χ4v) is 1.66. The summed E-state index contributed by atoms with van der Waals surface area (Å²) >= 11 is 0. The maximum Gasteiger partial charge on any atom is 0.258 e. The molecule has 0 unspecified atom stereocenters. The SMILES string of the molecule is CN(C)NC(=O)/C=C/c1ccc(-c2ccccc2F)o1.